The number of carbonyl (C=O) groups excluding carboxylic acids is 2. The molecule has 0 fully saturated rings. The minimum Gasteiger partial charge on any atom is -0.485 e. The van der Waals surface area contributed by atoms with Gasteiger partial charge in [0, 0.05) is 4.47 Å². The molecule has 2 amide bonds. The van der Waals surface area contributed by atoms with Gasteiger partial charge in [-0.3, -0.25) is 9.59 Å². The highest BCUT2D eigenvalue weighted by Crippen LogP contribution is 2.31. The third-order valence-corrected chi connectivity index (χ3v) is 5.20. The van der Waals surface area contributed by atoms with E-state index in [1.165, 1.54) is 11.2 Å². The van der Waals surface area contributed by atoms with Gasteiger partial charge in [-0.1, -0.05) is 24.3 Å². The van der Waals surface area contributed by atoms with Crippen LogP contribution in [0.2, 0.25) is 0 Å². The highest BCUT2D eigenvalue weighted by atomic mass is 79.9. The van der Waals surface area contributed by atoms with Crippen molar-refractivity contribution in [3.05, 3.63) is 77.2 Å². The van der Waals surface area contributed by atoms with Crippen molar-refractivity contribution in [3.63, 3.8) is 0 Å². The van der Waals surface area contributed by atoms with E-state index in [-0.39, 0.29) is 31.5 Å². The van der Waals surface area contributed by atoms with E-state index in [1.54, 1.807) is 36.4 Å². The molecule has 0 spiro atoms. The molecule has 1 atom stereocenters. The van der Waals surface area contributed by atoms with E-state index in [9.17, 15) is 9.59 Å². The fraction of sp³-hybridized carbons (Fsp3) is 0.182. The van der Waals surface area contributed by atoms with E-state index in [4.69, 9.17) is 13.9 Å². The predicted molar refractivity (Wildman–Crippen MR) is 113 cm³/mol. The highest BCUT2D eigenvalue weighted by molar-refractivity contribution is 9.10. The Bertz CT molecular complexity index is 1040. The van der Waals surface area contributed by atoms with Crippen LogP contribution < -0.4 is 14.8 Å². The normalized spacial score (nSPS) is 14.8. The van der Waals surface area contributed by atoms with Gasteiger partial charge < -0.3 is 24.1 Å². The van der Waals surface area contributed by atoms with Gasteiger partial charge in [-0.05, 0) is 52.3 Å². The molecule has 0 unspecified atom stereocenters. The molecule has 0 bridgehead atoms. The van der Waals surface area contributed by atoms with Crippen molar-refractivity contribution in [3.8, 4) is 11.5 Å². The second-order valence-corrected chi connectivity index (χ2v) is 7.52. The van der Waals surface area contributed by atoms with Crippen molar-refractivity contribution in [1.82, 2.24) is 4.90 Å². The number of hydrogen-bond donors (Lipinski definition) is 1. The van der Waals surface area contributed by atoms with Gasteiger partial charge in [0.2, 0.25) is 12.0 Å². The van der Waals surface area contributed by atoms with Gasteiger partial charge in [0.15, 0.2) is 11.5 Å². The van der Waals surface area contributed by atoms with Crippen LogP contribution in [0.15, 0.2) is 75.8 Å². The van der Waals surface area contributed by atoms with E-state index in [1.807, 2.05) is 24.3 Å². The fourth-order valence-electron chi connectivity index (χ4n) is 3.07. The number of halogens is 1. The van der Waals surface area contributed by atoms with Gasteiger partial charge in [-0.25, -0.2) is 0 Å². The van der Waals surface area contributed by atoms with Crippen molar-refractivity contribution in [2.24, 2.45) is 0 Å². The molecule has 1 N–H and O–H groups in total. The first-order valence-electron chi connectivity index (χ1n) is 9.34. The molecule has 2 aromatic carbocycles. The number of carbonyl (C=O) groups is 2. The molecule has 4 rings (SSSR count). The van der Waals surface area contributed by atoms with E-state index in [0.717, 1.165) is 4.47 Å². The zero-order valence-corrected chi connectivity index (χ0v) is 17.5. The lowest BCUT2D eigenvalue weighted by Gasteiger charge is -2.30. The minimum absolute atomic E-state index is 0.0658. The molecule has 154 valence electrons. The Kier molecular flexibility index (Phi) is 6.04. The number of anilines is 1. The number of amides is 2. The number of para-hydroxylation sites is 3. The maximum Gasteiger partial charge on any atom is 0.268 e. The zero-order valence-electron chi connectivity index (χ0n) is 15.9. The predicted octanol–water partition coefficient (Wildman–Crippen LogP) is 3.85. The number of benzene rings is 2. The molecule has 1 aromatic heterocycles. The number of nitrogens with zero attached hydrogens (tertiary/aromatic N) is 1. The summed E-state index contributed by atoms with van der Waals surface area (Å²) in [5.74, 6) is 0.958. The number of furan rings is 1. The van der Waals surface area contributed by atoms with Crippen LogP contribution in [0.4, 0.5) is 5.69 Å². The first-order chi connectivity index (χ1) is 14.6. The Morgan fingerprint density at radius 1 is 1.03 bits per heavy atom. The van der Waals surface area contributed by atoms with Crippen molar-refractivity contribution in [1.29, 1.82) is 0 Å². The summed E-state index contributed by atoms with van der Waals surface area (Å²) in [7, 11) is 0. The molecule has 0 saturated carbocycles. The van der Waals surface area contributed by atoms with Crippen molar-refractivity contribution in [2.45, 2.75) is 12.6 Å². The van der Waals surface area contributed by atoms with Gasteiger partial charge in [0.1, 0.15) is 18.9 Å². The zero-order chi connectivity index (χ0) is 20.9. The van der Waals surface area contributed by atoms with Crippen molar-refractivity contribution < 1.29 is 23.5 Å². The second-order valence-electron chi connectivity index (χ2n) is 6.67. The molecule has 2 heterocycles. The largest absolute Gasteiger partial charge is 0.485 e. The fourth-order valence-corrected chi connectivity index (χ4v) is 3.46. The van der Waals surface area contributed by atoms with Gasteiger partial charge in [0.05, 0.1) is 18.5 Å². The van der Waals surface area contributed by atoms with Crippen LogP contribution in [0.3, 0.4) is 0 Å². The average molecular weight is 471 g/mol. The Labute approximate surface area is 181 Å². The number of ether oxygens (including phenoxy) is 2. The molecular formula is C22H19BrN2O5. The third-order valence-electron chi connectivity index (χ3n) is 4.50. The average Bonchev–Trinajstić information content (AvgIpc) is 3.27. The quantitative estimate of drug-likeness (QED) is 0.591. The van der Waals surface area contributed by atoms with Crippen LogP contribution in [0.25, 0.3) is 0 Å². The Morgan fingerprint density at radius 3 is 2.57 bits per heavy atom. The Hall–Kier alpha value is -3.26. The summed E-state index contributed by atoms with van der Waals surface area (Å²) in [6.45, 7) is 0.0372. The van der Waals surface area contributed by atoms with Crippen LogP contribution in [0.1, 0.15) is 5.76 Å². The van der Waals surface area contributed by atoms with Crippen LogP contribution in [0.5, 0.6) is 11.5 Å². The summed E-state index contributed by atoms with van der Waals surface area (Å²) in [5.41, 5.74) is 0.624. The molecular weight excluding hydrogens is 452 g/mol. The molecule has 1 aliphatic rings. The minimum atomic E-state index is -0.855. The Morgan fingerprint density at radius 2 is 1.80 bits per heavy atom. The summed E-state index contributed by atoms with van der Waals surface area (Å²) < 4.78 is 17.6. The Balaban J connectivity index is 1.49. The lowest BCUT2D eigenvalue weighted by molar-refractivity contribution is -0.144. The second kappa shape index (κ2) is 9.04. The number of nitrogens with one attached hydrogen (secondary N) is 1. The van der Waals surface area contributed by atoms with Gasteiger partial charge in [0.25, 0.3) is 5.91 Å². The van der Waals surface area contributed by atoms with Crippen LogP contribution >= 0.6 is 15.9 Å². The van der Waals surface area contributed by atoms with Crippen molar-refractivity contribution >= 4 is 33.4 Å². The van der Waals surface area contributed by atoms with Gasteiger partial charge in [-0.2, -0.15) is 0 Å². The first kappa shape index (κ1) is 20.0. The lowest BCUT2D eigenvalue weighted by atomic mass is 10.2. The third kappa shape index (κ3) is 4.65. The topological polar surface area (TPSA) is 81.0 Å². The van der Waals surface area contributed by atoms with E-state index < -0.39 is 6.10 Å². The van der Waals surface area contributed by atoms with Crippen LogP contribution in [0, 0.1) is 0 Å². The summed E-state index contributed by atoms with van der Waals surface area (Å²) >= 11 is 3.40. The lowest BCUT2D eigenvalue weighted by Crippen LogP contribution is -2.48. The number of rotatable bonds is 6. The number of hydrogen-bond acceptors (Lipinski definition) is 5. The molecule has 7 nitrogen and oxygen atoms in total. The maximum atomic E-state index is 13.2. The van der Waals surface area contributed by atoms with Crippen LogP contribution in [-0.4, -0.2) is 36.0 Å². The summed E-state index contributed by atoms with van der Waals surface area (Å²) in [6, 6.07) is 17.9. The molecule has 3 aromatic rings. The van der Waals surface area contributed by atoms with Crippen molar-refractivity contribution in [2.75, 3.05) is 18.5 Å². The van der Waals surface area contributed by atoms with Gasteiger partial charge >= 0.3 is 0 Å². The smallest absolute Gasteiger partial charge is 0.268 e. The maximum absolute atomic E-state index is 13.2. The van der Waals surface area contributed by atoms with Crippen LogP contribution in [-0.2, 0) is 16.1 Å². The molecule has 0 aliphatic carbocycles. The van der Waals surface area contributed by atoms with Gasteiger partial charge in [-0.15, -0.1) is 0 Å². The van der Waals surface area contributed by atoms with E-state index in [2.05, 4.69) is 21.2 Å². The standard InChI is InChI=1S/C22H19BrN2O5/c23-16-7-1-2-8-17(16)24-21(26)13-25(12-15-6-5-11-28-15)22(27)20-14-29-18-9-3-4-10-19(18)30-20/h1-11,20H,12-14H2,(H,24,26)/t20-/m1/s1. The molecule has 1 aliphatic heterocycles. The van der Waals surface area contributed by atoms with E-state index in [0.29, 0.717) is 22.9 Å². The first-order valence-corrected chi connectivity index (χ1v) is 10.1. The summed E-state index contributed by atoms with van der Waals surface area (Å²) in [4.78, 5) is 27.2. The summed E-state index contributed by atoms with van der Waals surface area (Å²) in [5, 5.41) is 2.81. The molecule has 0 saturated heterocycles. The monoisotopic (exact) mass is 470 g/mol. The summed E-state index contributed by atoms with van der Waals surface area (Å²) in [6.07, 6.45) is 0.668. The molecule has 30 heavy (non-hydrogen) atoms. The molecule has 0 radical (unpaired) electrons. The van der Waals surface area contributed by atoms with E-state index >= 15 is 0 Å². The molecule has 8 heteroatoms. The SMILES string of the molecule is O=C(CN(Cc1ccco1)C(=O)[C@H]1COc2ccccc2O1)Nc1ccccc1Br. The highest BCUT2D eigenvalue weighted by Gasteiger charge is 2.32. The number of fused-ring (bicyclic) bond motifs is 1.